The van der Waals surface area contributed by atoms with Gasteiger partial charge in [0.1, 0.15) is 17.3 Å². The van der Waals surface area contributed by atoms with Crippen molar-refractivity contribution in [1.82, 2.24) is 19.8 Å². The van der Waals surface area contributed by atoms with Gasteiger partial charge in [0.25, 0.3) is 0 Å². The Morgan fingerprint density at radius 2 is 2.06 bits per heavy atom. The van der Waals surface area contributed by atoms with Gasteiger partial charge in [0.05, 0.1) is 24.0 Å². The number of hydrogen-bond donors (Lipinski definition) is 0. The number of amides is 1. The summed E-state index contributed by atoms with van der Waals surface area (Å²) in [5.74, 6) is -0.110. The van der Waals surface area contributed by atoms with Crippen molar-refractivity contribution in [2.75, 3.05) is 29.4 Å². The van der Waals surface area contributed by atoms with E-state index < -0.39 is 17.3 Å². The Morgan fingerprint density at radius 1 is 1.24 bits per heavy atom. The third-order valence-corrected chi connectivity index (χ3v) is 7.51. The highest BCUT2D eigenvalue weighted by Crippen LogP contribution is 2.63. The van der Waals surface area contributed by atoms with E-state index in [-0.39, 0.29) is 17.9 Å². The van der Waals surface area contributed by atoms with E-state index in [1.165, 1.54) is 22.5 Å². The number of benzene rings is 1. The van der Waals surface area contributed by atoms with Gasteiger partial charge in [-0.1, -0.05) is 15.7 Å². The molecule has 0 unspecified atom stereocenters. The van der Waals surface area contributed by atoms with Crippen molar-refractivity contribution in [1.29, 1.82) is 5.26 Å². The molecule has 3 aromatic rings. The summed E-state index contributed by atoms with van der Waals surface area (Å²) in [7, 11) is 0. The molecule has 11 heteroatoms. The van der Waals surface area contributed by atoms with Crippen molar-refractivity contribution in [3.8, 4) is 17.2 Å². The van der Waals surface area contributed by atoms with Crippen LogP contribution in [0.3, 0.4) is 0 Å². The van der Waals surface area contributed by atoms with E-state index in [4.69, 9.17) is 4.74 Å². The van der Waals surface area contributed by atoms with Gasteiger partial charge in [0.15, 0.2) is 0 Å². The van der Waals surface area contributed by atoms with E-state index in [1.807, 2.05) is 6.07 Å². The highest BCUT2D eigenvalue weighted by atomic mass is 32.1. The van der Waals surface area contributed by atoms with Gasteiger partial charge < -0.3 is 9.64 Å². The van der Waals surface area contributed by atoms with Gasteiger partial charge in [0, 0.05) is 53.8 Å². The van der Waals surface area contributed by atoms with E-state index in [0.717, 1.165) is 5.13 Å². The molecule has 0 N–H and O–H groups in total. The maximum absolute atomic E-state index is 14.9. The molecule has 3 aliphatic rings. The molecule has 0 spiro atoms. The standard InChI is InChI=1S/C22H18FN7O2S/c1-12-8-30(21(31)32-12)14-3-4-15(18(23)6-14)13-2-5-19(25-7-13)22(11-24)16-9-29(10-17(16)22)20-26-27-28-33-20/h2-7,12,16-17H,8-10H2,1H3/t12-,16-,17+,22+/m0/s1. The van der Waals surface area contributed by atoms with Crippen LogP contribution >= 0.6 is 11.5 Å². The number of carbonyl (C=O) groups is 1. The second-order valence-electron chi connectivity index (χ2n) is 8.64. The smallest absolute Gasteiger partial charge is 0.414 e. The van der Waals surface area contributed by atoms with Crippen LogP contribution in [0.4, 0.5) is 20.0 Å². The molecular formula is C22H18FN7O2S. The number of nitrogens with zero attached hydrogens (tertiary/aromatic N) is 7. The van der Waals surface area contributed by atoms with Crippen molar-refractivity contribution >= 4 is 28.4 Å². The van der Waals surface area contributed by atoms with Crippen LogP contribution in [-0.2, 0) is 10.2 Å². The number of pyridine rings is 1. The topological polar surface area (TPSA) is 108 Å². The zero-order chi connectivity index (χ0) is 22.7. The van der Waals surface area contributed by atoms with Crippen molar-refractivity contribution in [3.05, 3.63) is 48.0 Å². The number of ether oxygens (including phenoxy) is 1. The van der Waals surface area contributed by atoms with Crippen LogP contribution in [0.2, 0.25) is 0 Å². The number of aromatic nitrogens is 4. The van der Waals surface area contributed by atoms with Crippen LogP contribution < -0.4 is 9.80 Å². The molecule has 0 bridgehead atoms. The molecule has 2 aliphatic heterocycles. The quantitative estimate of drug-likeness (QED) is 0.581. The first-order valence-corrected chi connectivity index (χ1v) is 11.3. The van der Waals surface area contributed by atoms with Crippen molar-refractivity contribution < 1.29 is 13.9 Å². The Balaban J connectivity index is 1.22. The first kappa shape index (κ1) is 20.0. The van der Waals surface area contributed by atoms with E-state index in [9.17, 15) is 14.4 Å². The van der Waals surface area contributed by atoms with E-state index >= 15 is 0 Å². The lowest BCUT2D eigenvalue weighted by atomic mass is 9.95. The number of cyclic esters (lactones) is 1. The Bertz CT molecular complexity index is 1260. The van der Waals surface area contributed by atoms with Crippen molar-refractivity contribution in [3.63, 3.8) is 0 Å². The number of halogens is 1. The van der Waals surface area contributed by atoms with Crippen LogP contribution in [0.15, 0.2) is 36.5 Å². The number of nitriles is 1. The van der Waals surface area contributed by atoms with Gasteiger partial charge in [-0.05, 0) is 36.4 Å². The average molecular weight is 463 g/mol. The van der Waals surface area contributed by atoms with Gasteiger partial charge in [-0.15, -0.1) is 0 Å². The maximum Gasteiger partial charge on any atom is 0.414 e. The lowest BCUT2D eigenvalue weighted by Crippen LogP contribution is -2.30. The molecule has 2 saturated heterocycles. The van der Waals surface area contributed by atoms with E-state index in [2.05, 4.69) is 30.8 Å². The third-order valence-electron chi connectivity index (χ3n) is 6.85. The predicted octanol–water partition coefficient (Wildman–Crippen LogP) is 3.01. The monoisotopic (exact) mass is 463 g/mol. The summed E-state index contributed by atoms with van der Waals surface area (Å²) >= 11 is 1.25. The molecule has 166 valence electrons. The second kappa shape index (κ2) is 7.18. The molecule has 4 heterocycles. The zero-order valence-corrected chi connectivity index (χ0v) is 18.4. The van der Waals surface area contributed by atoms with Crippen LogP contribution in [0.1, 0.15) is 12.6 Å². The molecule has 6 rings (SSSR count). The van der Waals surface area contributed by atoms with Gasteiger partial charge in [-0.2, -0.15) is 5.26 Å². The highest BCUT2D eigenvalue weighted by Gasteiger charge is 2.71. The first-order chi connectivity index (χ1) is 16.0. The minimum absolute atomic E-state index is 0.170. The number of piperidine rings is 1. The number of rotatable bonds is 4. The van der Waals surface area contributed by atoms with Gasteiger partial charge >= 0.3 is 6.09 Å². The molecule has 4 atom stereocenters. The summed E-state index contributed by atoms with van der Waals surface area (Å²) in [5.41, 5.74) is 1.54. The first-order valence-electron chi connectivity index (χ1n) is 10.6. The molecule has 3 fully saturated rings. The Hall–Kier alpha value is -3.65. The number of fused-ring (bicyclic) bond motifs is 1. The van der Waals surface area contributed by atoms with Crippen LogP contribution in [0.25, 0.3) is 11.1 Å². The fourth-order valence-electron chi connectivity index (χ4n) is 5.16. The molecule has 0 radical (unpaired) electrons. The SMILES string of the molecule is C[C@H]1CN(c2ccc(-c3ccc([C@@]4(C#N)[C@@H]5CN(c6nnns6)C[C@@H]54)nc3)c(F)c2)C(=O)O1. The van der Waals surface area contributed by atoms with E-state index in [1.54, 1.807) is 31.3 Å². The number of anilines is 2. The fraction of sp³-hybridized carbons (Fsp3) is 0.364. The third kappa shape index (κ3) is 2.97. The molecule has 1 aliphatic carbocycles. The second-order valence-corrected chi connectivity index (χ2v) is 9.36. The van der Waals surface area contributed by atoms with Gasteiger partial charge in [-0.3, -0.25) is 9.88 Å². The minimum Gasteiger partial charge on any atom is -0.444 e. The molecule has 1 saturated carbocycles. The lowest BCUT2D eigenvalue weighted by Gasteiger charge is -2.21. The summed E-state index contributed by atoms with van der Waals surface area (Å²) in [5, 5.41) is 18.4. The zero-order valence-electron chi connectivity index (χ0n) is 17.6. The fourth-order valence-corrected chi connectivity index (χ4v) is 5.64. The van der Waals surface area contributed by atoms with Crippen molar-refractivity contribution in [2.45, 2.75) is 18.4 Å². The summed E-state index contributed by atoms with van der Waals surface area (Å²) in [6, 6.07) is 10.8. The molecule has 2 aromatic heterocycles. The summed E-state index contributed by atoms with van der Waals surface area (Å²) < 4.78 is 23.8. The van der Waals surface area contributed by atoms with Crippen molar-refractivity contribution in [2.24, 2.45) is 11.8 Å². The Kier molecular flexibility index (Phi) is 4.35. The highest BCUT2D eigenvalue weighted by molar-refractivity contribution is 7.09. The van der Waals surface area contributed by atoms with Gasteiger partial charge in [0.2, 0.25) is 5.13 Å². The van der Waals surface area contributed by atoms with Crippen LogP contribution in [0.5, 0.6) is 0 Å². The van der Waals surface area contributed by atoms with Crippen LogP contribution in [0, 0.1) is 29.0 Å². The number of hydrogen-bond acceptors (Lipinski definition) is 9. The van der Waals surface area contributed by atoms with Gasteiger partial charge in [-0.25, -0.2) is 9.18 Å². The lowest BCUT2D eigenvalue weighted by molar-refractivity contribution is 0.150. The summed E-state index contributed by atoms with van der Waals surface area (Å²) in [6.45, 7) is 3.61. The number of carbonyl (C=O) groups excluding carboxylic acids is 1. The average Bonchev–Trinajstić information content (AvgIpc) is 3.32. The Labute approximate surface area is 192 Å². The molecule has 33 heavy (non-hydrogen) atoms. The molecule has 9 nitrogen and oxygen atoms in total. The van der Waals surface area contributed by atoms with E-state index in [0.29, 0.717) is 42.1 Å². The predicted molar refractivity (Wildman–Crippen MR) is 117 cm³/mol. The summed E-state index contributed by atoms with van der Waals surface area (Å²) in [4.78, 5) is 20.0. The largest absolute Gasteiger partial charge is 0.444 e. The molecular weight excluding hydrogens is 445 g/mol. The Morgan fingerprint density at radius 3 is 2.64 bits per heavy atom. The maximum atomic E-state index is 14.9. The molecule has 1 aromatic carbocycles. The van der Waals surface area contributed by atoms with Crippen LogP contribution in [-0.4, -0.2) is 51.6 Å². The molecule has 1 amide bonds. The normalized spacial score (nSPS) is 27.9. The minimum atomic E-state index is -0.623. The summed E-state index contributed by atoms with van der Waals surface area (Å²) in [6.07, 6.45) is 0.908.